The van der Waals surface area contributed by atoms with Crippen molar-refractivity contribution in [3.8, 4) is 22.6 Å². The van der Waals surface area contributed by atoms with Crippen molar-refractivity contribution in [2.75, 3.05) is 27.3 Å². The molecular weight excluding hydrogens is 687 g/mol. The van der Waals surface area contributed by atoms with E-state index >= 15 is 4.79 Å². The van der Waals surface area contributed by atoms with Crippen molar-refractivity contribution in [1.29, 1.82) is 0 Å². The molecule has 0 heterocycles. The molecule has 9 rings (SSSR count). The van der Waals surface area contributed by atoms with Gasteiger partial charge in [0, 0.05) is 40.5 Å². The molecule has 8 unspecified atom stereocenters. The standard InChI is InChI=1S/C48H57NO6/c1-6-26-49(42(51)28-32-12-17-38(54-4)39(27-32)55-5)31-47(53)23-20-41-45(47,3)22-19-40-44(2)21-18-36(50)29-46(44)24-25-48(40,41)37(30-46)43(52)35-15-13-34(14-16-35)33-10-8-7-9-11-33/h7-17,24-25,27,30,36,40-41,50,53H,6,18-23,26,28-29,31H2,1-5H3. The first-order valence-electron chi connectivity index (χ1n) is 20.4. The number of fused-ring (bicyclic) bond motifs is 1. The van der Waals surface area contributed by atoms with E-state index < -0.39 is 27.9 Å². The maximum absolute atomic E-state index is 15.1. The number of hydrogen-bond donors (Lipinski definition) is 2. The van der Waals surface area contributed by atoms with Crippen LogP contribution in [-0.2, 0) is 11.2 Å². The number of carbonyl (C=O) groups excluding carboxylic acids is 2. The zero-order chi connectivity index (χ0) is 38.8. The van der Waals surface area contributed by atoms with Crippen molar-refractivity contribution in [3.63, 3.8) is 0 Å². The normalized spacial score (nSPS) is 34.2. The molecule has 6 aliphatic carbocycles. The second-order valence-corrected chi connectivity index (χ2v) is 17.8. The van der Waals surface area contributed by atoms with Crippen molar-refractivity contribution >= 4 is 11.7 Å². The summed E-state index contributed by atoms with van der Waals surface area (Å²) in [5.41, 5.74) is 1.77. The lowest BCUT2D eigenvalue weighted by molar-refractivity contribution is -0.178. The molecule has 0 radical (unpaired) electrons. The van der Waals surface area contributed by atoms with Crippen LogP contribution in [0.4, 0.5) is 0 Å². The lowest BCUT2D eigenvalue weighted by Crippen LogP contribution is -2.67. The fourth-order valence-electron chi connectivity index (χ4n) is 12.4. The lowest BCUT2D eigenvalue weighted by atomic mass is 9.32. The molecule has 290 valence electrons. The van der Waals surface area contributed by atoms with E-state index in [2.05, 4.69) is 51.1 Å². The summed E-state index contributed by atoms with van der Waals surface area (Å²) >= 11 is 0. The van der Waals surface area contributed by atoms with E-state index in [0.29, 0.717) is 36.4 Å². The van der Waals surface area contributed by atoms with Gasteiger partial charge in [-0.05, 0) is 97.4 Å². The van der Waals surface area contributed by atoms with E-state index in [1.807, 2.05) is 65.6 Å². The van der Waals surface area contributed by atoms with Crippen LogP contribution in [0.25, 0.3) is 11.1 Å². The van der Waals surface area contributed by atoms with Crippen LogP contribution in [0.15, 0.2) is 96.6 Å². The zero-order valence-corrected chi connectivity index (χ0v) is 33.1. The highest BCUT2D eigenvalue weighted by Gasteiger charge is 2.74. The highest BCUT2D eigenvalue weighted by molar-refractivity contribution is 6.10. The molecule has 8 atom stereocenters. The quantitative estimate of drug-likeness (QED) is 0.151. The SMILES string of the molecule is CCCN(CC1(O)CCC2C34C=CC5(C=C3C(=O)c3ccc(-c6ccccc6)cc3)CC(O)CCC5(C)C4CCC21C)C(=O)Cc1ccc(OC)c(OC)c1. The Bertz CT molecular complexity index is 2020. The van der Waals surface area contributed by atoms with Crippen molar-refractivity contribution < 1.29 is 29.3 Å². The van der Waals surface area contributed by atoms with Gasteiger partial charge in [-0.2, -0.15) is 0 Å². The number of aliphatic hydroxyl groups excluding tert-OH is 1. The molecule has 7 heteroatoms. The number of ketones is 1. The maximum atomic E-state index is 15.1. The summed E-state index contributed by atoms with van der Waals surface area (Å²) in [4.78, 5) is 31.1. The Morgan fingerprint density at radius 2 is 1.49 bits per heavy atom. The highest BCUT2D eigenvalue weighted by atomic mass is 16.5. The van der Waals surface area contributed by atoms with Crippen LogP contribution in [0, 0.1) is 33.5 Å². The van der Waals surface area contributed by atoms with Crippen LogP contribution in [0.1, 0.15) is 88.1 Å². The Balaban J connectivity index is 1.15. The minimum Gasteiger partial charge on any atom is -0.493 e. The molecule has 3 saturated carbocycles. The Hall–Kier alpha value is -4.20. The number of nitrogens with zero attached hydrogens (tertiary/aromatic N) is 1. The van der Waals surface area contributed by atoms with Crippen LogP contribution < -0.4 is 9.47 Å². The molecular formula is C48H57NO6. The van der Waals surface area contributed by atoms with Gasteiger partial charge in [0.15, 0.2) is 17.3 Å². The van der Waals surface area contributed by atoms with Crippen LogP contribution in [0.3, 0.4) is 0 Å². The van der Waals surface area contributed by atoms with Gasteiger partial charge in [-0.25, -0.2) is 0 Å². The van der Waals surface area contributed by atoms with Crippen LogP contribution in [0.2, 0.25) is 0 Å². The smallest absolute Gasteiger partial charge is 0.227 e. The van der Waals surface area contributed by atoms with Crippen LogP contribution in [-0.4, -0.2) is 65.8 Å². The van der Waals surface area contributed by atoms with E-state index in [9.17, 15) is 15.0 Å². The molecule has 3 fully saturated rings. The van der Waals surface area contributed by atoms with Gasteiger partial charge in [-0.15, -0.1) is 0 Å². The Morgan fingerprint density at radius 1 is 0.818 bits per heavy atom. The molecule has 0 aliphatic heterocycles. The summed E-state index contributed by atoms with van der Waals surface area (Å²) in [5, 5.41) is 24.1. The fraction of sp³-hybridized carbons (Fsp3) is 0.500. The largest absolute Gasteiger partial charge is 0.493 e. The van der Waals surface area contributed by atoms with Crippen molar-refractivity contribution in [1.82, 2.24) is 4.90 Å². The number of rotatable bonds is 11. The molecule has 55 heavy (non-hydrogen) atoms. The molecule has 3 aromatic rings. The van der Waals surface area contributed by atoms with Crippen LogP contribution in [0.5, 0.6) is 11.5 Å². The Labute approximate surface area is 326 Å². The summed E-state index contributed by atoms with van der Waals surface area (Å²) < 4.78 is 10.9. The first kappa shape index (κ1) is 37.7. The highest BCUT2D eigenvalue weighted by Crippen LogP contribution is 2.78. The molecule has 7 nitrogen and oxygen atoms in total. The summed E-state index contributed by atoms with van der Waals surface area (Å²) in [6.45, 7) is 7.53. The van der Waals surface area contributed by atoms with Gasteiger partial charge in [0.05, 0.1) is 32.3 Å². The third-order valence-electron chi connectivity index (χ3n) is 15.3. The lowest BCUT2D eigenvalue weighted by Gasteiger charge is -2.71. The minimum absolute atomic E-state index is 0.00481. The molecule has 3 aromatic carbocycles. The first-order valence-corrected chi connectivity index (χ1v) is 20.4. The third-order valence-corrected chi connectivity index (χ3v) is 15.3. The predicted molar refractivity (Wildman–Crippen MR) is 215 cm³/mol. The molecule has 2 spiro atoms. The van der Waals surface area contributed by atoms with Gasteiger partial charge in [-0.3, -0.25) is 9.59 Å². The third kappa shape index (κ3) is 5.66. The number of aliphatic hydroxyl groups is 2. The van der Waals surface area contributed by atoms with Crippen molar-refractivity contribution in [2.45, 2.75) is 90.3 Å². The number of benzene rings is 3. The fourth-order valence-corrected chi connectivity index (χ4v) is 12.4. The molecule has 0 aromatic heterocycles. The maximum Gasteiger partial charge on any atom is 0.227 e. The number of carbonyl (C=O) groups is 2. The second-order valence-electron chi connectivity index (χ2n) is 17.8. The number of Topliss-reactive ketones (excluding diaryl/α,β-unsaturated/α-hetero) is 1. The Kier molecular flexibility index (Phi) is 9.44. The number of hydrogen-bond acceptors (Lipinski definition) is 6. The first-order chi connectivity index (χ1) is 26.4. The van der Waals surface area contributed by atoms with Gasteiger partial charge < -0.3 is 24.6 Å². The zero-order valence-electron chi connectivity index (χ0n) is 33.1. The second kappa shape index (κ2) is 13.8. The molecule has 2 bridgehead atoms. The van der Waals surface area contributed by atoms with Gasteiger partial charge in [0.1, 0.15) is 0 Å². The van der Waals surface area contributed by atoms with Gasteiger partial charge >= 0.3 is 0 Å². The van der Waals surface area contributed by atoms with Gasteiger partial charge in [0.2, 0.25) is 5.91 Å². The monoisotopic (exact) mass is 743 g/mol. The summed E-state index contributed by atoms with van der Waals surface area (Å²) in [6, 6.07) is 23.8. The average Bonchev–Trinajstić information content (AvgIpc) is 3.47. The number of ether oxygens (including phenoxy) is 2. The van der Waals surface area contributed by atoms with E-state index in [0.717, 1.165) is 60.8 Å². The minimum atomic E-state index is -1.13. The number of amides is 1. The van der Waals surface area contributed by atoms with Crippen molar-refractivity contribution in [3.05, 3.63) is 108 Å². The summed E-state index contributed by atoms with van der Waals surface area (Å²) in [6.07, 6.45) is 12.9. The van der Waals surface area contributed by atoms with Crippen molar-refractivity contribution in [2.24, 2.45) is 33.5 Å². The summed E-state index contributed by atoms with van der Waals surface area (Å²) in [7, 11) is 3.19. The van der Waals surface area contributed by atoms with E-state index in [-0.39, 0.29) is 41.9 Å². The average molecular weight is 744 g/mol. The molecule has 2 N–H and O–H groups in total. The predicted octanol–water partition coefficient (Wildman–Crippen LogP) is 8.63. The Morgan fingerprint density at radius 3 is 2.20 bits per heavy atom. The molecule has 0 saturated heterocycles. The topological polar surface area (TPSA) is 96.3 Å². The van der Waals surface area contributed by atoms with E-state index in [1.165, 1.54) is 0 Å². The van der Waals surface area contributed by atoms with E-state index in [4.69, 9.17) is 9.47 Å². The number of allylic oxidation sites excluding steroid dienone is 4. The van der Waals surface area contributed by atoms with E-state index in [1.54, 1.807) is 14.2 Å². The number of methoxy groups -OCH3 is 2. The molecule has 1 amide bonds. The van der Waals surface area contributed by atoms with Gasteiger partial charge in [0.25, 0.3) is 0 Å². The summed E-state index contributed by atoms with van der Waals surface area (Å²) in [5.74, 6) is 1.43. The molecule has 6 aliphatic rings. The van der Waals surface area contributed by atoms with Gasteiger partial charge in [-0.1, -0.05) is 99.7 Å². The van der Waals surface area contributed by atoms with Crippen LogP contribution >= 0.6 is 0 Å².